The van der Waals surface area contributed by atoms with Gasteiger partial charge in [0, 0.05) is 12.5 Å². The van der Waals surface area contributed by atoms with E-state index in [2.05, 4.69) is 0 Å². The van der Waals surface area contributed by atoms with Crippen LogP contribution in [0.15, 0.2) is 12.1 Å². The highest BCUT2D eigenvalue weighted by Gasteiger charge is 2.23. The molecule has 1 aromatic rings. The minimum absolute atomic E-state index is 0.0627. The van der Waals surface area contributed by atoms with Crippen LogP contribution in [0.5, 0.6) is 11.5 Å². The average molecular weight is 292 g/mol. The summed E-state index contributed by atoms with van der Waals surface area (Å²) in [6.45, 7) is 3.59. The van der Waals surface area contributed by atoms with Gasteiger partial charge < -0.3 is 14.6 Å². The van der Waals surface area contributed by atoms with Gasteiger partial charge in [0.1, 0.15) is 11.5 Å². The molecule has 2 rings (SSSR count). The average Bonchev–Trinajstić information content (AvgIpc) is 2.44. The Morgan fingerprint density at radius 2 is 2.19 bits per heavy atom. The van der Waals surface area contributed by atoms with Crippen LogP contribution in [0.1, 0.15) is 49.0 Å². The molecule has 5 heteroatoms. The van der Waals surface area contributed by atoms with Crippen LogP contribution in [-0.4, -0.2) is 29.6 Å². The molecular weight excluding hydrogens is 272 g/mol. The molecule has 0 amide bonds. The van der Waals surface area contributed by atoms with E-state index >= 15 is 0 Å². The zero-order valence-corrected chi connectivity index (χ0v) is 12.3. The number of aromatic hydroxyl groups is 1. The van der Waals surface area contributed by atoms with E-state index in [9.17, 15) is 14.7 Å². The lowest BCUT2D eigenvalue weighted by Crippen LogP contribution is -2.24. The Balaban J connectivity index is 2.02. The number of fused-ring (bicyclic) bond motifs is 1. The van der Waals surface area contributed by atoms with Crippen LogP contribution < -0.4 is 4.74 Å². The van der Waals surface area contributed by atoms with Gasteiger partial charge in [-0.2, -0.15) is 0 Å². The van der Waals surface area contributed by atoms with Gasteiger partial charge >= 0.3 is 5.97 Å². The van der Waals surface area contributed by atoms with Gasteiger partial charge in [-0.1, -0.05) is 0 Å². The van der Waals surface area contributed by atoms with Crippen molar-refractivity contribution in [2.24, 2.45) is 0 Å². The Hall–Kier alpha value is -2.04. The first-order chi connectivity index (χ1) is 10.0. The minimum Gasteiger partial charge on any atom is -0.507 e. The van der Waals surface area contributed by atoms with Crippen LogP contribution in [0.4, 0.5) is 0 Å². The van der Waals surface area contributed by atoms with Gasteiger partial charge in [-0.3, -0.25) is 9.59 Å². The first-order valence-corrected chi connectivity index (χ1v) is 7.20. The summed E-state index contributed by atoms with van der Waals surface area (Å²) in [5.74, 6) is 0.145. The summed E-state index contributed by atoms with van der Waals surface area (Å²) in [5.41, 5.74) is 1.24. The summed E-state index contributed by atoms with van der Waals surface area (Å²) in [7, 11) is 0. The molecule has 1 N–H and O–H groups in total. The van der Waals surface area contributed by atoms with Crippen molar-refractivity contribution >= 4 is 11.8 Å². The molecule has 1 aromatic carbocycles. The van der Waals surface area contributed by atoms with Crippen LogP contribution in [0.3, 0.4) is 0 Å². The highest BCUT2D eigenvalue weighted by atomic mass is 16.5. The molecule has 0 bridgehead atoms. The number of ketones is 1. The molecule has 0 saturated heterocycles. The number of carbonyl (C=O) groups excluding carboxylic acids is 2. The summed E-state index contributed by atoms with van der Waals surface area (Å²) < 4.78 is 10.7. The molecule has 0 fully saturated rings. The Morgan fingerprint density at radius 1 is 1.43 bits per heavy atom. The number of hydrogen-bond donors (Lipinski definition) is 1. The molecule has 0 radical (unpaired) electrons. The number of benzene rings is 1. The van der Waals surface area contributed by atoms with E-state index in [-0.39, 0.29) is 23.6 Å². The molecule has 114 valence electrons. The zero-order valence-electron chi connectivity index (χ0n) is 12.3. The van der Waals surface area contributed by atoms with Crippen LogP contribution in [0, 0.1) is 0 Å². The first-order valence-electron chi connectivity index (χ1n) is 7.20. The Morgan fingerprint density at radius 3 is 2.86 bits per heavy atom. The molecule has 1 heterocycles. The summed E-state index contributed by atoms with van der Waals surface area (Å²) in [6, 6.07) is 3.18. The molecular formula is C16H20O5. The van der Waals surface area contributed by atoms with Crippen molar-refractivity contribution in [3.8, 4) is 11.5 Å². The quantitative estimate of drug-likeness (QED) is 0.667. The molecule has 0 spiro atoms. The summed E-state index contributed by atoms with van der Waals surface area (Å²) in [5, 5.41) is 9.84. The van der Waals surface area contributed by atoms with E-state index in [1.54, 1.807) is 13.0 Å². The smallest absolute Gasteiger partial charge is 0.305 e. The number of esters is 1. The molecule has 1 unspecified atom stereocenters. The molecule has 1 atom stereocenters. The Kier molecular flexibility index (Phi) is 4.83. The van der Waals surface area contributed by atoms with Gasteiger partial charge in [-0.05, 0) is 44.7 Å². The Labute approximate surface area is 123 Å². The molecule has 0 aromatic heterocycles. The van der Waals surface area contributed by atoms with Gasteiger partial charge in [-0.15, -0.1) is 0 Å². The van der Waals surface area contributed by atoms with Crippen molar-refractivity contribution in [3.63, 3.8) is 0 Å². The lowest BCUT2D eigenvalue weighted by atomic mass is 9.96. The normalized spacial score (nSPS) is 16.8. The number of rotatable bonds is 5. The number of ether oxygens (including phenoxy) is 2. The lowest BCUT2D eigenvalue weighted by Gasteiger charge is -2.26. The second-order valence-electron chi connectivity index (χ2n) is 5.16. The number of aryl methyl sites for hydroxylation is 1. The number of phenolic OH excluding ortho intramolecular Hbond substituents is 1. The molecule has 21 heavy (non-hydrogen) atoms. The maximum atomic E-state index is 11.4. The molecule has 0 saturated carbocycles. The topological polar surface area (TPSA) is 72.8 Å². The fraction of sp³-hybridized carbons (Fsp3) is 0.500. The van der Waals surface area contributed by atoms with Crippen molar-refractivity contribution in [3.05, 3.63) is 23.3 Å². The van der Waals surface area contributed by atoms with Crippen molar-refractivity contribution in [2.75, 3.05) is 6.61 Å². The van der Waals surface area contributed by atoms with E-state index in [0.717, 1.165) is 18.4 Å². The van der Waals surface area contributed by atoms with Crippen LogP contribution in [0.25, 0.3) is 0 Å². The molecule has 5 nitrogen and oxygen atoms in total. The summed E-state index contributed by atoms with van der Waals surface area (Å²) in [6.07, 6.45) is 2.40. The fourth-order valence-electron chi connectivity index (χ4n) is 2.47. The van der Waals surface area contributed by atoms with Gasteiger partial charge in [0.25, 0.3) is 0 Å². The first kappa shape index (κ1) is 15.4. The predicted molar refractivity (Wildman–Crippen MR) is 76.7 cm³/mol. The Bertz CT molecular complexity index is 550. The fourth-order valence-corrected chi connectivity index (χ4v) is 2.47. The van der Waals surface area contributed by atoms with Gasteiger partial charge in [-0.25, -0.2) is 0 Å². The summed E-state index contributed by atoms with van der Waals surface area (Å²) in [4.78, 5) is 22.8. The second kappa shape index (κ2) is 6.61. The lowest BCUT2D eigenvalue weighted by molar-refractivity contribution is -0.143. The monoisotopic (exact) mass is 292 g/mol. The van der Waals surface area contributed by atoms with E-state index < -0.39 is 0 Å². The van der Waals surface area contributed by atoms with Crippen molar-refractivity contribution in [2.45, 2.75) is 45.6 Å². The van der Waals surface area contributed by atoms with E-state index in [0.29, 0.717) is 30.8 Å². The third kappa shape index (κ3) is 3.74. The number of phenols is 1. The van der Waals surface area contributed by atoms with E-state index in [4.69, 9.17) is 9.47 Å². The number of carbonyl (C=O) groups is 2. The van der Waals surface area contributed by atoms with Crippen molar-refractivity contribution in [1.82, 2.24) is 0 Å². The largest absolute Gasteiger partial charge is 0.507 e. The van der Waals surface area contributed by atoms with Gasteiger partial charge in [0.2, 0.25) is 0 Å². The maximum absolute atomic E-state index is 11.4. The third-order valence-electron chi connectivity index (χ3n) is 3.56. The standard InChI is InChI=1S/C16H20O5/c1-3-20-16(19)7-6-12-5-4-11-8-13(10(2)17)14(18)9-15(11)21-12/h8-9,12,18H,3-7H2,1-2H3. The molecule has 1 aliphatic heterocycles. The van der Waals surface area contributed by atoms with Gasteiger partial charge in [0.15, 0.2) is 5.78 Å². The van der Waals surface area contributed by atoms with Crippen LogP contribution in [-0.2, 0) is 16.0 Å². The highest BCUT2D eigenvalue weighted by molar-refractivity contribution is 5.97. The van der Waals surface area contributed by atoms with Crippen molar-refractivity contribution < 1.29 is 24.2 Å². The minimum atomic E-state index is -0.221. The zero-order chi connectivity index (χ0) is 15.4. The summed E-state index contributed by atoms with van der Waals surface area (Å²) >= 11 is 0. The second-order valence-corrected chi connectivity index (χ2v) is 5.16. The van der Waals surface area contributed by atoms with Crippen LogP contribution >= 0.6 is 0 Å². The maximum Gasteiger partial charge on any atom is 0.305 e. The molecule has 1 aliphatic rings. The van der Waals surface area contributed by atoms with Crippen molar-refractivity contribution in [1.29, 1.82) is 0 Å². The van der Waals surface area contributed by atoms with Crippen LogP contribution in [0.2, 0.25) is 0 Å². The van der Waals surface area contributed by atoms with E-state index in [1.807, 2.05) is 0 Å². The predicted octanol–water partition coefficient (Wildman–Crippen LogP) is 2.63. The van der Waals surface area contributed by atoms with Gasteiger partial charge in [0.05, 0.1) is 18.3 Å². The third-order valence-corrected chi connectivity index (χ3v) is 3.56. The highest BCUT2D eigenvalue weighted by Crippen LogP contribution is 2.34. The SMILES string of the molecule is CCOC(=O)CCC1CCc2cc(C(C)=O)c(O)cc2O1. The number of hydrogen-bond acceptors (Lipinski definition) is 5. The number of Topliss-reactive ketones (excluding diaryl/α,β-unsaturated/α-hetero) is 1. The molecule has 0 aliphatic carbocycles. The van der Waals surface area contributed by atoms with E-state index in [1.165, 1.54) is 13.0 Å².